The molecule has 2 aromatic rings. The van der Waals surface area contributed by atoms with Gasteiger partial charge in [0.1, 0.15) is 18.1 Å². The highest BCUT2D eigenvalue weighted by atomic mass is 16.5. The third-order valence-corrected chi connectivity index (χ3v) is 3.11. The Morgan fingerprint density at radius 1 is 1.10 bits per heavy atom. The zero-order valence-electron chi connectivity index (χ0n) is 11.5. The summed E-state index contributed by atoms with van der Waals surface area (Å²) in [4.78, 5) is 0. The van der Waals surface area contributed by atoms with E-state index in [0.717, 1.165) is 11.3 Å². The van der Waals surface area contributed by atoms with Gasteiger partial charge >= 0.3 is 7.12 Å². The number of aryl methyl sites for hydroxylation is 1. The second kappa shape index (κ2) is 6.46. The third-order valence-electron chi connectivity index (χ3n) is 3.11. The minimum atomic E-state index is -1.53. The Kier molecular flexibility index (Phi) is 4.66. The summed E-state index contributed by atoms with van der Waals surface area (Å²) in [7, 11) is 0.0347. The summed E-state index contributed by atoms with van der Waals surface area (Å²) < 4.78 is 10.9. The molecule has 0 atom stereocenters. The first-order chi connectivity index (χ1) is 9.61. The molecular formula is C15H17BO4. The van der Waals surface area contributed by atoms with Crippen molar-refractivity contribution in [3.8, 4) is 11.5 Å². The Balaban J connectivity index is 2.21. The van der Waals surface area contributed by atoms with Crippen molar-refractivity contribution in [2.24, 2.45) is 0 Å². The predicted molar refractivity (Wildman–Crippen MR) is 78.3 cm³/mol. The standard InChI is InChI=1S/C15H17BO4/c1-11-5-3-4-6-15(11)20-10-12-9-13(19-2)7-8-14(12)16(17)18/h3-9,17-18H,10H2,1-2H3. The molecule has 4 nitrogen and oxygen atoms in total. The monoisotopic (exact) mass is 272 g/mol. The van der Waals surface area contributed by atoms with E-state index in [4.69, 9.17) is 9.47 Å². The van der Waals surface area contributed by atoms with Gasteiger partial charge in [-0.1, -0.05) is 24.3 Å². The third kappa shape index (κ3) is 3.32. The fourth-order valence-corrected chi connectivity index (χ4v) is 1.96. The van der Waals surface area contributed by atoms with Crippen LogP contribution in [0.5, 0.6) is 11.5 Å². The zero-order valence-corrected chi connectivity index (χ0v) is 11.5. The number of hydrogen-bond donors (Lipinski definition) is 2. The van der Waals surface area contributed by atoms with Crippen molar-refractivity contribution in [1.29, 1.82) is 0 Å². The fourth-order valence-electron chi connectivity index (χ4n) is 1.96. The summed E-state index contributed by atoms with van der Waals surface area (Å²) in [6.07, 6.45) is 0. The van der Waals surface area contributed by atoms with E-state index in [0.29, 0.717) is 16.8 Å². The molecule has 0 saturated carbocycles. The molecule has 5 heteroatoms. The van der Waals surface area contributed by atoms with E-state index < -0.39 is 7.12 Å². The van der Waals surface area contributed by atoms with E-state index in [9.17, 15) is 10.0 Å². The summed E-state index contributed by atoms with van der Waals surface area (Å²) in [5.74, 6) is 1.42. The van der Waals surface area contributed by atoms with Crippen LogP contribution in [0.25, 0.3) is 0 Å². The smallest absolute Gasteiger partial charge is 0.488 e. The molecule has 0 spiro atoms. The van der Waals surface area contributed by atoms with Gasteiger partial charge in [0, 0.05) is 0 Å². The molecule has 20 heavy (non-hydrogen) atoms. The van der Waals surface area contributed by atoms with Gasteiger partial charge in [-0.05, 0) is 41.7 Å². The number of hydrogen-bond acceptors (Lipinski definition) is 4. The lowest BCUT2D eigenvalue weighted by Crippen LogP contribution is -2.33. The fraction of sp³-hybridized carbons (Fsp3) is 0.200. The Hall–Kier alpha value is -1.98. The van der Waals surface area contributed by atoms with Crippen molar-refractivity contribution in [2.45, 2.75) is 13.5 Å². The highest BCUT2D eigenvalue weighted by Gasteiger charge is 2.17. The number of para-hydroxylation sites is 1. The number of benzene rings is 2. The van der Waals surface area contributed by atoms with Crippen LogP contribution in [0.3, 0.4) is 0 Å². The van der Waals surface area contributed by atoms with Gasteiger partial charge in [0.15, 0.2) is 0 Å². The van der Waals surface area contributed by atoms with E-state index in [2.05, 4.69) is 0 Å². The average molecular weight is 272 g/mol. The summed E-state index contributed by atoms with van der Waals surface area (Å²) in [5, 5.41) is 18.8. The van der Waals surface area contributed by atoms with Crippen LogP contribution in [0.2, 0.25) is 0 Å². The van der Waals surface area contributed by atoms with E-state index in [1.165, 1.54) is 0 Å². The van der Waals surface area contributed by atoms with Crippen molar-refractivity contribution in [3.63, 3.8) is 0 Å². The quantitative estimate of drug-likeness (QED) is 0.804. The van der Waals surface area contributed by atoms with Crippen molar-refractivity contribution in [3.05, 3.63) is 53.6 Å². The average Bonchev–Trinajstić information content (AvgIpc) is 2.46. The van der Waals surface area contributed by atoms with Gasteiger partial charge in [-0.2, -0.15) is 0 Å². The van der Waals surface area contributed by atoms with Gasteiger partial charge in [-0.3, -0.25) is 0 Å². The zero-order chi connectivity index (χ0) is 14.5. The maximum atomic E-state index is 9.38. The molecule has 0 radical (unpaired) electrons. The summed E-state index contributed by atoms with van der Waals surface area (Å²) in [5.41, 5.74) is 2.13. The van der Waals surface area contributed by atoms with Gasteiger partial charge in [0.2, 0.25) is 0 Å². The van der Waals surface area contributed by atoms with Crippen LogP contribution in [-0.4, -0.2) is 24.3 Å². The second-order valence-electron chi connectivity index (χ2n) is 4.49. The van der Waals surface area contributed by atoms with E-state index in [1.807, 2.05) is 31.2 Å². The molecule has 2 N–H and O–H groups in total. The van der Waals surface area contributed by atoms with Gasteiger partial charge in [-0.25, -0.2) is 0 Å². The summed E-state index contributed by atoms with van der Waals surface area (Å²) >= 11 is 0. The van der Waals surface area contributed by atoms with E-state index in [1.54, 1.807) is 25.3 Å². The Morgan fingerprint density at radius 3 is 2.50 bits per heavy atom. The summed E-state index contributed by atoms with van der Waals surface area (Å²) in [6, 6.07) is 12.7. The van der Waals surface area contributed by atoms with Crippen molar-refractivity contribution < 1.29 is 19.5 Å². The summed E-state index contributed by atoms with van der Waals surface area (Å²) in [6.45, 7) is 2.21. The normalized spacial score (nSPS) is 10.2. The van der Waals surface area contributed by atoms with Crippen molar-refractivity contribution >= 4 is 12.6 Å². The lowest BCUT2D eigenvalue weighted by atomic mass is 9.77. The largest absolute Gasteiger partial charge is 0.497 e. The van der Waals surface area contributed by atoms with Gasteiger partial charge in [0.25, 0.3) is 0 Å². The topological polar surface area (TPSA) is 58.9 Å². The number of methoxy groups -OCH3 is 1. The SMILES string of the molecule is COc1ccc(B(O)O)c(COc2ccccc2C)c1. The Bertz CT molecular complexity index is 584. The molecule has 104 valence electrons. The molecule has 0 aliphatic heterocycles. The van der Waals surface area contributed by atoms with Crippen LogP contribution in [0.1, 0.15) is 11.1 Å². The van der Waals surface area contributed by atoms with Crippen LogP contribution >= 0.6 is 0 Å². The molecule has 0 saturated heterocycles. The van der Waals surface area contributed by atoms with Crippen LogP contribution < -0.4 is 14.9 Å². The first-order valence-corrected chi connectivity index (χ1v) is 6.33. The lowest BCUT2D eigenvalue weighted by molar-refractivity contribution is 0.303. The highest BCUT2D eigenvalue weighted by molar-refractivity contribution is 6.59. The number of ether oxygens (including phenoxy) is 2. The molecule has 0 aliphatic carbocycles. The minimum Gasteiger partial charge on any atom is -0.497 e. The van der Waals surface area contributed by atoms with E-state index >= 15 is 0 Å². The first-order valence-electron chi connectivity index (χ1n) is 6.33. The molecule has 0 amide bonds. The van der Waals surface area contributed by atoms with Crippen LogP contribution in [0.15, 0.2) is 42.5 Å². The van der Waals surface area contributed by atoms with E-state index in [-0.39, 0.29) is 6.61 Å². The van der Waals surface area contributed by atoms with Crippen LogP contribution in [-0.2, 0) is 6.61 Å². The Morgan fingerprint density at radius 2 is 1.85 bits per heavy atom. The molecule has 2 rings (SSSR count). The van der Waals surface area contributed by atoms with Gasteiger partial charge in [-0.15, -0.1) is 0 Å². The lowest BCUT2D eigenvalue weighted by Gasteiger charge is -2.13. The second-order valence-corrected chi connectivity index (χ2v) is 4.49. The highest BCUT2D eigenvalue weighted by Crippen LogP contribution is 2.19. The molecule has 0 aromatic heterocycles. The molecular weight excluding hydrogens is 255 g/mol. The minimum absolute atomic E-state index is 0.245. The molecule has 0 fully saturated rings. The maximum Gasteiger partial charge on any atom is 0.488 e. The maximum absolute atomic E-state index is 9.38. The van der Waals surface area contributed by atoms with Crippen LogP contribution in [0.4, 0.5) is 0 Å². The predicted octanol–water partition coefficient (Wildman–Crippen LogP) is 1.26. The molecule has 0 aliphatic rings. The van der Waals surface area contributed by atoms with Crippen molar-refractivity contribution in [1.82, 2.24) is 0 Å². The molecule has 0 heterocycles. The van der Waals surface area contributed by atoms with Crippen LogP contribution in [0, 0.1) is 6.92 Å². The molecule has 0 unspecified atom stereocenters. The van der Waals surface area contributed by atoms with Gasteiger partial charge in [0.05, 0.1) is 7.11 Å². The Labute approximate surface area is 118 Å². The van der Waals surface area contributed by atoms with Crippen molar-refractivity contribution in [2.75, 3.05) is 7.11 Å². The van der Waals surface area contributed by atoms with Gasteiger partial charge < -0.3 is 19.5 Å². The molecule has 2 aromatic carbocycles. The number of rotatable bonds is 5. The first kappa shape index (κ1) is 14.4. The molecule has 0 bridgehead atoms.